The summed E-state index contributed by atoms with van der Waals surface area (Å²) in [4.78, 5) is 4.39. The Morgan fingerprint density at radius 2 is 1.89 bits per heavy atom. The molecule has 0 aromatic carbocycles. The highest BCUT2D eigenvalue weighted by atomic mass is 16.3. The van der Waals surface area contributed by atoms with Crippen molar-refractivity contribution in [1.82, 2.24) is 10.3 Å². The lowest BCUT2D eigenvalue weighted by Gasteiger charge is -2.29. The van der Waals surface area contributed by atoms with Gasteiger partial charge in [-0.3, -0.25) is 4.98 Å². The zero-order valence-corrected chi connectivity index (χ0v) is 12.2. The molecule has 2 N–H and O–H groups in total. The number of pyridine rings is 1. The molecule has 1 atom stereocenters. The van der Waals surface area contributed by atoms with E-state index in [1.807, 2.05) is 19.2 Å². The molecule has 0 fully saturated rings. The van der Waals surface area contributed by atoms with Gasteiger partial charge in [-0.25, -0.2) is 0 Å². The molecular formula is C15H26N2O. The topological polar surface area (TPSA) is 45.1 Å². The maximum absolute atomic E-state index is 10.4. The number of aryl methyl sites for hydroxylation is 1. The highest BCUT2D eigenvalue weighted by Gasteiger charge is 2.23. The van der Waals surface area contributed by atoms with Crippen LogP contribution >= 0.6 is 0 Å². The van der Waals surface area contributed by atoms with Crippen molar-refractivity contribution in [3.8, 4) is 0 Å². The summed E-state index contributed by atoms with van der Waals surface area (Å²) in [7, 11) is 0. The third-order valence-electron chi connectivity index (χ3n) is 2.86. The Morgan fingerprint density at radius 3 is 2.33 bits per heavy atom. The molecule has 3 nitrogen and oxygen atoms in total. The van der Waals surface area contributed by atoms with Crippen molar-refractivity contribution in [3.05, 3.63) is 29.6 Å². The summed E-state index contributed by atoms with van der Waals surface area (Å²) in [6.07, 6.45) is 3.46. The SMILES string of the molecule is CCc1ccc(CC(C)(O)CNC(C)(C)C)nc1. The van der Waals surface area contributed by atoms with Gasteiger partial charge in [0.25, 0.3) is 0 Å². The van der Waals surface area contributed by atoms with E-state index in [4.69, 9.17) is 0 Å². The predicted molar refractivity (Wildman–Crippen MR) is 75.7 cm³/mol. The smallest absolute Gasteiger partial charge is 0.0798 e. The molecule has 0 bridgehead atoms. The second kappa shape index (κ2) is 5.81. The third-order valence-corrected chi connectivity index (χ3v) is 2.86. The van der Waals surface area contributed by atoms with Gasteiger partial charge >= 0.3 is 0 Å². The van der Waals surface area contributed by atoms with Crippen molar-refractivity contribution in [1.29, 1.82) is 0 Å². The van der Waals surface area contributed by atoms with Crippen LogP contribution in [0.2, 0.25) is 0 Å². The fraction of sp³-hybridized carbons (Fsp3) is 0.667. The van der Waals surface area contributed by atoms with E-state index >= 15 is 0 Å². The molecule has 1 rings (SSSR count). The standard InChI is InChI=1S/C15H26N2O/c1-6-12-7-8-13(16-10-12)9-15(5,18)11-17-14(2,3)4/h7-8,10,17-18H,6,9,11H2,1-5H3. The normalized spacial score (nSPS) is 15.4. The highest BCUT2D eigenvalue weighted by Crippen LogP contribution is 2.13. The van der Waals surface area contributed by atoms with E-state index in [9.17, 15) is 5.11 Å². The molecule has 0 saturated carbocycles. The molecule has 0 amide bonds. The van der Waals surface area contributed by atoms with Crippen LogP contribution in [-0.2, 0) is 12.8 Å². The molecule has 1 unspecified atom stereocenters. The van der Waals surface area contributed by atoms with E-state index in [0.29, 0.717) is 13.0 Å². The minimum Gasteiger partial charge on any atom is -0.388 e. The zero-order chi connectivity index (χ0) is 13.8. The fourth-order valence-corrected chi connectivity index (χ4v) is 1.68. The summed E-state index contributed by atoms with van der Waals surface area (Å²) >= 11 is 0. The summed E-state index contributed by atoms with van der Waals surface area (Å²) in [6, 6.07) is 4.08. The molecular weight excluding hydrogens is 224 g/mol. The Hall–Kier alpha value is -0.930. The molecule has 1 aromatic rings. The lowest BCUT2D eigenvalue weighted by atomic mass is 9.97. The van der Waals surface area contributed by atoms with Crippen molar-refractivity contribution in [2.45, 2.75) is 58.6 Å². The molecule has 0 aliphatic carbocycles. The molecule has 0 saturated heterocycles. The van der Waals surface area contributed by atoms with Crippen molar-refractivity contribution in [2.75, 3.05) is 6.54 Å². The molecule has 102 valence electrons. The van der Waals surface area contributed by atoms with Gasteiger partial charge in [-0.2, -0.15) is 0 Å². The number of nitrogens with one attached hydrogen (secondary N) is 1. The number of β-amino-alcohol motifs (C(OH)–C–C–N with tert-alkyl or cyclic N) is 1. The van der Waals surface area contributed by atoms with Gasteiger partial charge in [-0.05, 0) is 45.7 Å². The van der Waals surface area contributed by atoms with Crippen molar-refractivity contribution in [3.63, 3.8) is 0 Å². The molecule has 0 aliphatic heterocycles. The number of nitrogens with zero attached hydrogens (tertiary/aromatic N) is 1. The number of aliphatic hydroxyl groups is 1. The molecule has 1 heterocycles. The minimum atomic E-state index is -0.770. The van der Waals surface area contributed by atoms with E-state index in [1.165, 1.54) is 5.56 Å². The Kier molecular flexibility index (Phi) is 4.88. The summed E-state index contributed by atoms with van der Waals surface area (Å²) in [5.74, 6) is 0. The zero-order valence-electron chi connectivity index (χ0n) is 12.2. The quantitative estimate of drug-likeness (QED) is 0.843. The van der Waals surface area contributed by atoms with Gasteiger partial charge in [-0.15, -0.1) is 0 Å². The van der Waals surface area contributed by atoms with Gasteiger partial charge in [0.05, 0.1) is 5.60 Å². The van der Waals surface area contributed by atoms with Crippen LogP contribution in [0.25, 0.3) is 0 Å². The van der Waals surface area contributed by atoms with Gasteiger partial charge in [0.1, 0.15) is 0 Å². The van der Waals surface area contributed by atoms with Gasteiger partial charge in [-0.1, -0.05) is 13.0 Å². The largest absolute Gasteiger partial charge is 0.388 e. The van der Waals surface area contributed by atoms with Gasteiger partial charge in [0.15, 0.2) is 0 Å². The first-order valence-corrected chi connectivity index (χ1v) is 6.63. The third kappa shape index (κ3) is 5.61. The molecule has 0 aliphatic rings. The fourth-order valence-electron chi connectivity index (χ4n) is 1.68. The first-order valence-electron chi connectivity index (χ1n) is 6.63. The first-order chi connectivity index (χ1) is 8.22. The van der Waals surface area contributed by atoms with Crippen LogP contribution in [0.4, 0.5) is 0 Å². The summed E-state index contributed by atoms with van der Waals surface area (Å²) in [5.41, 5.74) is 1.41. The number of aromatic nitrogens is 1. The van der Waals surface area contributed by atoms with E-state index < -0.39 is 5.60 Å². The van der Waals surface area contributed by atoms with Crippen LogP contribution in [0.3, 0.4) is 0 Å². The van der Waals surface area contributed by atoms with Crippen molar-refractivity contribution in [2.24, 2.45) is 0 Å². The van der Waals surface area contributed by atoms with Crippen LogP contribution in [0.1, 0.15) is 45.9 Å². The van der Waals surface area contributed by atoms with E-state index in [2.05, 4.69) is 44.1 Å². The Balaban J connectivity index is 2.58. The summed E-state index contributed by atoms with van der Waals surface area (Å²) in [6.45, 7) is 10.8. The van der Waals surface area contributed by atoms with Crippen molar-refractivity contribution >= 4 is 0 Å². The maximum atomic E-state index is 10.4. The summed E-state index contributed by atoms with van der Waals surface area (Å²) < 4.78 is 0. The van der Waals surface area contributed by atoms with Crippen LogP contribution in [0.5, 0.6) is 0 Å². The second-order valence-corrected chi connectivity index (χ2v) is 6.29. The molecule has 1 aromatic heterocycles. The number of rotatable bonds is 5. The number of hydrogen-bond acceptors (Lipinski definition) is 3. The van der Waals surface area contributed by atoms with Gasteiger partial charge in [0, 0.05) is 30.4 Å². The summed E-state index contributed by atoms with van der Waals surface area (Å²) in [5, 5.41) is 13.7. The average molecular weight is 250 g/mol. The average Bonchev–Trinajstić information content (AvgIpc) is 2.26. The van der Waals surface area contributed by atoms with E-state index in [1.54, 1.807) is 0 Å². The van der Waals surface area contributed by atoms with E-state index in [-0.39, 0.29) is 5.54 Å². The molecule has 0 radical (unpaired) electrons. The second-order valence-electron chi connectivity index (χ2n) is 6.29. The highest BCUT2D eigenvalue weighted by molar-refractivity contribution is 5.15. The Morgan fingerprint density at radius 1 is 1.22 bits per heavy atom. The molecule has 18 heavy (non-hydrogen) atoms. The maximum Gasteiger partial charge on any atom is 0.0798 e. The van der Waals surface area contributed by atoms with Crippen LogP contribution in [0, 0.1) is 0 Å². The predicted octanol–water partition coefficient (Wildman–Crippen LogP) is 2.33. The number of hydrogen-bond donors (Lipinski definition) is 2. The Labute approximate surface area is 111 Å². The van der Waals surface area contributed by atoms with E-state index in [0.717, 1.165) is 12.1 Å². The van der Waals surface area contributed by atoms with Crippen LogP contribution in [-0.4, -0.2) is 27.8 Å². The monoisotopic (exact) mass is 250 g/mol. The van der Waals surface area contributed by atoms with Crippen LogP contribution in [0.15, 0.2) is 18.3 Å². The lowest BCUT2D eigenvalue weighted by Crippen LogP contribution is -2.47. The molecule has 3 heteroatoms. The van der Waals surface area contributed by atoms with Gasteiger partial charge in [0.2, 0.25) is 0 Å². The minimum absolute atomic E-state index is 0.0173. The van der Waals surface area contributed by atoms with Crippen LogP contribution < -0.4 is 5.32 Å². The lowest BCUT2D eigenvalue weighted by molar-refractivity contribution is 0.0525. The van der Waals surface area contributed by atoms with Gasteiger partial charge < -0.3 is 10.4 Å². The molecule has 0 spiro atoms. The Bertz CT molecular complexity index is 363. The van der Waals surface area contributed by atoms with Crippen molar-refractivity contribution < 1.29 is 5.11 Å². The first kappa shape index (κ1) is 15.1.